The van der Waals surface area contributed by atoms with Crippen LogP contribution in [0.15, 0.2) is 23.1 Å². The Morgan fingerprint density at radius 2 is 2.29 bits per heavy atom. The van der Waals surface area contributed by atoms with Gasteiger partial charge in [0.05, 0.1) is 0 Å². The van der Waals surface area contributed by atoms with Gasteiger partial charge in [-0.2, -0.15) is 0 Å². The van der Waals surface area contributed by atoms with E-state index in [1.54, 1.807) is 17.8 Å². The molecule has 0 bridgehead atoms. The molecule has 1 aliphatic rings. The number of hydrogen-bond acceptors (Lipinski definition) is 3. The van der Waals surface area contributed by atoms with Crippen molar-refractivity contribution >= 4 is 11.8 Å². The van der Waals surface area contributed by atoms with Gasteiger partial charge in [0.1, 0.15) is 5.82 Å². The van der Waals surface area contributed by atoms with Crippen molar-refractivity contribution in [3.05, 3.63) is 29.6 Å². The van der Waals surface area contributed by atoms with Crippen molar-refractivity contribution in [2.24, 2.45) is 11.7 Å². The second kappa shape index (κ2) is 5.38. The molecule has 0 saturated carbocycles. The minimum absolute atomic E-state index is 0.0913. The van der Waals surface area contributed by atoms with Crippen LogP contribution in [0.3, 0.4) is 0 Å². The molecule has 4 heteroatoms. The lowest BCUT2D eigenvalue weighted by Crippen LogP contribution is -2.21. The van der Waals surface area contributed by atoms with Crippen molar-refractivity contribution in [1.82, 2.24) is 4.90 Å². The lowest BCUT2D eigenvalue weighted by Gasteiger charge is -2.20. The van der Waals surface area contributed by atoms with Crippen LogP contribution in [0.4, 0.5) is 4.39 Å². The molecule has 2 rings (SSSR count). The SMILES string of the molecule is CSc1ccc(C2CC(CN)CN2C)c(F)c1. The smallest absolute Gasteiger partial charge is 0.129 e. The van der Waals surface area contributed by atoms with Gasteiger partial charge in [-0.05, 0) is 44.3 Å². The first kappa shape index (κ1) is 12.9. The van der Waals surface area contributed by atoms with E-state index < -0.39 is 0 Å². The zero-order chi connectivity index (χ0) is 12.4. The van der Waals surface area contributed by atoms with Crippen LogP contribution in [0.25, 0.3) is 0 Å². The Morgan fingerprint density at radius 3 is 2.82 bits per heavy atom. The number of nitrogens with zero attached hydrogens (tertiary/aromatic N) is 1. The normalized spacial score (nSPS) is 25.4. The third-order valence-corrected chi connectivity index (χ3v) is 4.26. The average molecular weight is 254 g/mol. The lowest BCUT2D eigenvalue weighted by atomic mass is 9.99. The summed E-state index contributed by atoms with van der Waals surface area (Å²) in [5.41, 5.74) is 6.50. The summed E-state index contributed by atoms with van der Waals surface area (Å²) < 4.78 is 14.0. The van der Waals surface area contributed by atoms with Gasteiger partial charge >= 0.3 is 0 Å². The predicted molar refractivity (Wildman–Crippen MR) is 70.7 cm³/mol. The molecule has 2 unspecified atom stereocenters. The molecule has 1 aliphatic heterocycles. The van der Waals surface area contributed by atoms with Crippen molar-refractivity contribution < 1.29 is 4.39 Å². The average Bonchev–Trinajstić information content (AvgIpc) is 2.70. The fourth-order valence-electron chi connectivity index (χ4n) is 2.54. The Morgan fingerprint density at radius 1 is 1.53 bits per heavy atom. The minimum atomic E-state index is -0.0913. The van der Waals surface area contributed by atoms with Gasteiger partial charge < -0.3 is 5.73 Å². The Balaban J connectivity index is 2.22. The molecule has 2 nitrogen and oxygen atoms in total. The van der Waals surface area contributed by atoms with E-state index in [0.29, 0.717) is 12.5 Å². The zero-order valence-electron chi connectivity index (χ0n) is 10.3. The summed E-state index contributed by atoms with van der Waals surface area (Å²) in [6, 6.07) is 5.72. The van der Waals surface area contributed by atoms with Crippen LogP contribution < -0.4 is 5.73 Å². The number of thioether (sulfide) groups is 1. The maximum Gasteiger partial charge on any atom is 0.129 e. The maximum absolute atomic E-state index is 14.0. The van der Waals surface area contributed by atoms with Crippen LogP contribution in [0.1, 0.15) is 18.0 Å². The Labute approximate surface area is 106 Å². The van der Waals surface area contributed by atoms with E-state index in [1.165, 1.54) is 0 Å². The van der Waals surface area contributed by atoms with Crippen molar-refractivity contribution in [3.63, 3.8) is 0 Å². The van der Waals surface area contributed by atoms with E-state index in [4.69, 9.17) is 5.73 Å². The summed E-state index contributed by atoms with van der Waals surface area (Å²) in [5, 5.41) is 0. The number of halogens is 1. The second-order valence-corrected chi connectivity index (χ2v) is 5.56. The van der Waals surface area contributed by atoms with E-state index in [0.717, 1.165) is 23.4 Å². The minimum Gasteiger partial charge on any atom is -0.330 e. The Hall–Kier alpha value is -0.580. The summed E-state index contributed by atoms with van der Waals surface area (Å²) in [4.78, 5) is 3.18. The van der Waals surface area contributed by atoms with E-state index >= 15 is 0 Å². The summed E-state index contributed by atoms with van der Waals surface area (Å²) >= 11 is 1.57. The maximum atomic E-state index is 14.0. The number of rotatable bonds is 3. The number of likely N-dealkylation sites (tertiary alicyclic amines) is 1. The van der Waals surface area contributed by atoms with Gasteiger partial charge in [0.15, 0.2) is 0 Å². The number of nitrogens with two attached hydrogens (primary N) is 1. The molecule has 0 spiro atoms. The largest absolute Gasteiger partial charge is 0.330 e. The summed E-state index contributed by atoms with van der Waals surface area (Å²) in [6.07, 6.45) is 2.92. The van der Waals surface area contributed by atoms with Crippen molar-refractivity contribution in [2.45, 2.75) is 17.4 Å². The highest BCUT2D eigenvalue weighted by Crippen LogP contribution is 2.35. The molecular formula is C13H19FN2S. The van der Waals surface area contributed by atoms with Crippen LogP contribution in [-0.2, 0) is 0 Å². The quantitative estimate of drug-likeness (QED) is 0.840. The highest BCUT2D eigenvalue weighted by atomic mass is 32.2. The van der Waals surface area contributed by atoms with Gasteiger partial charge in [-0.25, -0.2) is 4.39 Å². The van der Waals surface area contributed by atoms with Crippen LogP contribution in [0, 0.1) is 11.7 Å². The molecule has 94 valence electrons. The van der Waals surface area contributed by atoms with Crippen LogP contribution in [-0.4, -0.2) is 31.3 Å². The Bertz CT molecular complexity index is 397. The van der Waals surface area contributed by atoms with E-state index in [1.807, 2.05) is 25.4 Å². The highest BCUT2D eigenvalue weighted by molar-refractivity contribution is 7.98. The first-order valence-electron chi connectivity index (χ1n) is 5.89. The molecule has 1 heterocycles. The second-order valence-electron chi connectivity index (χ2n) is 4.68. The fourth-order valence-corrected chi connectivity index (χ4v) is 2.97. The van der Waals surface area contributed by atoms with Gasteiger partial charge in [-0.3, -0.25) is 4.90 Å². The van der Waals surface area contributed by atoms with E-state index in [2.05, 4.69) is 4.90 Å². The number of hydrogen-bond donors (Lipinski definition) is 1. The molecule has 0 radical (unpaired) electrons. The van der Waals surface area contributed by atoms with Gasteiger partial charge in [0.25, 0.3) is 0 Å². The lowest BCUT2D eigenvalue weighted by molar-refractivity contribution is 0.306. The topological polar surface area (TPSA) is 29.3 Å². The summed E-state index contributed by atoms with van der Waals surface area (Å²) in [7, 11) is 2.04. The molecule has 1 aromatic carbocycles. The third kappa shape index (κ3) is 2.64. The molecule has 1 aromatic rings. The molecule has 1 saturated heterocycles. The first-order chi connectivity index (χ1) is 8.15. The van der Waals surface area contributed by atoms with Crippen molar-refractivity contribution in [2.75, 3.05) is 26.4 Å². The first-order valence-corrected chi connectivity index (χ1v) is 7.12. The Kier molecular flexibility index (Phi) is 4.07. The van der Waals surface area contributed by atoms with E-state index in [9.17, 15) is 4.39 Å². The van der Waals surface area contributed by atoms with Gasteiger partial charge in [0.2, 0.25) is 0 Å². The van der Waals surface area contributed by atoms with Crippen molar-refractivity contribution in [1.29, 1.82) is 0 Å². The van der Waals surface area contributed by atoms with E-state index in [-0.39, 0.29) is 11.9 Å². The summed E-state index contributed by atoms with van der Waals surface area (Å²) in [6.45, 7) is 1.65. The third-order valence-electron chi connectivity index (χ3n) is 3.53. The summed E-state index contributed by atoms with van der Waals surface area (Å²) in [5.74, 6) is 0.399. The molecule has 1 fully saturated rings. The molecule has 2 N–H and O–H groups in total. The highest BCUT2D eigenvalue weighted by Gasteiger charge is 2.31. The van der Waals surface area contributed by atoms with Crippen LogP contribution >= 0.6 is 11.8 Å². The van der Waals surface area contributed by atoms with Crippen molar-refractivity contribution in [3.8, 4) is 0 Å². The molecule has 0 amide bonds. The van der Waals surface area contributed by atoms with Crippen LogP contribution in [0.5, 0.6) is 0 Å². The monoisotopic (exact) mass is 254 g/mol. The number of benzene rings is 1. The zero-order valence-corrected chi connectivity index (χ0v) is 11.1. The fraction of sp³-hybridized carbons (Fsp3) is 0.538. The van der Waals surface area contributed by atoms with Gasteiger partial charge in [0, 0.05) is 23.0 Å². The molecular weight excluding hydrogens is 235 g/mol. The standard InChI is InChI=1S/C13H19FN2S/c1-16-8-9(7-15)5-13(16)11-4-3-10(17-2)6-12(11)14/h3-4,6,9,13H,5,7-8,15H2,1-2H3. The predicted octanol–water partition coefficient (Wildman–Crippen LogP) is 2.50. The molecule has 0 aliphatic carbocycles. The molecule has 2 atom stereocenters. The van der Waals surface area contributed by atoms with Gasteiger partial charge in [-0.15, -0.1) is 11.8 Å². The van der Waals surface area contributed by atoms with Gasteiger partial charge in [-0.1, -0.05) is 6.07 Å². The molecule has 17 heavy (non-hydrogen) atoms. The molecule has 0 aromatic heterocycles. The van der Waals surface area contributed by atoms with Crippen LogP contribution in [0.2, 0.25) is 0 Å².